The molecule has 0 bridgehead atoms. The number of ether oxygens (including phenoxy) is 1. The number of halogens is 3. The molecular weight excluding hydrogens is 473 g/mol. The summed E-state index contributed by atoms with van der Waals surface area (Å²) in [5, 5.41) is 10.0. The molecule has 1 aromatic carbocycles. The van der Waals surface area contributed by atoms with E-state index in [0.717, 1.165) is 0 Å². The summed E-state index contributed by atoms with van der Waals surface area (Å²) in [4.78, 5) is 35.9. The number of nitrogens with one attached hydrogen (secondary N) is 3. The fourth-order valence-corrected chi connectivity index (χ4v) is 3.41. The Kier molecular flexibility index (Phi) is 9.29. The molecule has 0 aliphatic carbocycles. The molecule has 2 heterocycles. The van der Waals surface area contributed by atoms with E-state index in [1.165, 1.54) is 17.3 Å². The van der Waals surface area contributed by atoms with Crippen LogP contribution in [-0.2, 0) is 25.5 Å². The zero-order chi connectivity index (χ0) is 25.2. The van der Waals surface area contributed by atoms with Gasteiger partial charge >= 0.3 is 6.43 Å². The summed E-state index contributed by atoms with van der Waals surface area (Å²) in [6.07, 6.45) is -2.65. The van der Waals surface area contributed by atoms with E-state index in [1.54, 1.807) is 23.1 Å². The van der Waals surface area contributed by atoms with Crippen molar-refractivity contribution in [3.8, 4) is 0 Å². The van der Waals surface area contributed by atoms with Gasteiger partial charge in [-0.05, 0) is 18.2 Å². The van der Waals surface area contributed by atoms with Crippen LogP contribution in [0, 0.1) is 5.82 Å². The van der Waals surface area contributed by atoms with Gasteiger partial charge in [-0.25, -0.2) is 9.82 Å². The van der Waals surface area contributed by atoms with Crippen molar-refractivity contribution in [3.63, 3.8) is 0 Å². The monoisotopic (exact) mass is 498 g/mol. The highest BCUT2D eigenvalue weighted by Gasteiger charge is 2.22. The highest BCUT2D eigenvalue weighted by Crippen LogP contribution is 2.23. The molecular formula is C21H25F3N6O5. The van der Waals surface area contributed by atoms with Crippen LogP contribution in [0.3, 0.4) is 0 Å². The Morgan fingerprint density at radius 2 is 2.06 bits per heavy atom. The van der Waals surface area contributed by atoms with Gasteiger partial charge in [-0.1, -0.05) is 5.16 Å². The maximum Gasteiger partial charge on any atom is 0.315 e. The van der Waals surface area contributed by atoms with Crippen molar-refractivity contribution in [2.75, 3.05) is 49.5 Å². The summed E-state index contributed by atoms with van der Waals surface area (Å²) in [5.41, 5.74) is 4.25. The van der Waals surface area contributed by atoms with Crippen molar-refractivity contribution in [2.45, 2.75) is 19.0 Å². The predicted octanol–water partition coefficient (Wildman–Crippen LogP) is 0.544. The molecule has 0 spiro atoms. The summed E-state index contributed by atoms with van der Waals surface area (Å²) < 4.78 is 49.0. The third-order valence-electron chi connectivity index (χ3n) is 5.17. The van der Waals surface area contributed by atoms with Gasteiger partial charge in [0.15, 0.2) is 0 Å². The van der Waals surface area contributed by atoms with E-state index in [4.69, 9.17) is 9.26 Å². The van der Waals surface area contributed by atoms with Gasteiger partial charge in [0, 0.05) is 31.4 Å². The molecule has 3 rings (SSSR count). The fraction of sp³-hybridized carbons (Fsp3) is 0.429. The van der Waals surface area contributed by atoms with E-state index in [2.05, 4.69) is 15.9 Å². The number of hydrogen-bond donors (Lipinski definition) is 3. The SMILES string of the molecule is O=CO[C@@H](CNC(=O)C(F)F)CNc1ccc(N2CCNN(C(=O)Cc3ccon3)CC2)c(F)c1. The van der Waals surface area contributed by atoms with Crippen LogP contribution in [0.4, 0.5) is 24.5 Å². The van der Waals surface area contributed by atoms with Gasteiger partial charge < -0.3 is 24.8 Å². The quantitative estimate of drug-likeness (QED) is 0.380. The molecule has 14 heteroatoms. The van der Waals surface area contributed by atoms with Crippen molar-refractivity contribution >= 4 is 29.7 Å². The second-order valence-corrected chi connectivity index (χ2v) is 7.56. The lowest BCUT2D eigenvalue weighted by Crippen LogP contribution is -2.44. The smallest absolute Gasteiger partial charge is 0.315 e. The Bertz CT molecular complexity index is 994. The maximum absolute atomic E-state index is 14.9. The molecule has 0 saturated carbocycles. The zero-order valence-corrected chi connectivity index (χ0v) is 18.6. The fourth-order valence-electron chi connectivity index (χ4n) is 3.41. The molecule has 1 atom stereocenters. The number of hydrazine groups is 1. The number of aromatic nitrogens is 1. The highest BCUT2D eigenvalue weighted by atomic mass is 19.3. The Morgan fingerprint density at radius 3 is 2.74 bits per heavy atom. The molecule has 1 fully saturated rings. The van der Waals surface area contributed by atoms with Crippen molar-refractivity contribution in [2.24, 2.45) is 0 Å². The number of carbonyl (C=O) groups excluding carboxylic acids is 3. The Morgan fingerprint density at radius 1 is 1.23 bits per heavy atom. The van der Waals surface area contributed by atoms with E-state index in [1.807, 2.05) is 5.32 Å². The maximum atomic E-state index is 14.9. The van der Waals surface area contributed by atoms with Gasteiger partial charge in [-0.3, -0.25) is 19.4 Å². The molecule has 0 radical (unpaired) electrons. The number of rotatable bonds is 11. The minimum atomic E-state index is -3.19. The van der Waals surface area contributed by atoms with E-state index >= 15 is 0 Å². The van der Waals surface area contributed by atoms with Gasteiger partial charge in [0.2, 0.25) is 5.91 Å². The summed E-state index contributed by atoms with van der Waals surface area (Å²) in [6, 6.07) is 6.04. The average Bonchev–Trinajstić information content (AvgIpc) is 3.22. The molecule has 0 unspecified atom stereocenters. The molecule has 1 aliphatic rings. The second-order valence-electron chi connectivity index (χ2n) is 7.56. The van der Waals surface area contributed by atoms with E-state index in [-0.39, 0.29) is 31.9 Å². The molecule has 11 nitrogen and oxygen atoms in total. The summed E-state index contributed by atoms with van der Waals surface area (Å²) in [6.45, 7) is 1.35. The van der Waals surface area contributed by atoms with Crippen LogP contribution >= 0.6 is 0 Å². The van der Waals surface area contributed by atoms with Crippen LogP contribution in [0.25, 0.3) is 0 Å². The van der Waals surface area contributed by atoms with Crippen LogP contribution in [0.2, 0.25) is 0 Å². The first-order valence-corrected chi connectivity index (χ1v) is 10.7. The lowest BCUT2D eigenvalue weighted by atomic mass is 10.2. The van der Waals surface area contributed by atoms with Crippen LogP contribution in [-0.4, -0.2) is 80.3 Å². The van der Waals surface area contributed by atoms with Gasteiger partial charge in [0.1, 0.15) is 18.2 Å². The van der Waals surface area contributed by atoms with Crippen LogP contribution in [0.1, 0.15) is 5.69 Å². The largest absolute Gasteiger partial charge is 0.461 e. The minimum Gasteiger partial charge on any atom is -0.461 e. The first-order valence-electron chi connectivity index (χ1n) is 10.7. The topological polar surface area (TPSA) is 129 Å². The molecule has 35 heavy (non-hydrogen) atoms. The second kappa shape index (κ2) is 12.6. The Balaban J connectivity index is 1.53. The van der Waals surface area contributed by atoms with Crippen molar-refractivity contribution < 1.29 is 36.8 Å². The molecule has 1 aromatic heterocycles. The van der Waals surface area contributed by atoms with Crippen molar-refractivity contribution in [1.82, 2.24) is 20.9 Å². The third-order valence-corrected chi connectivity index (χ3v) is 5.17. The number of nitrogens with zero attached hydrogens (tertiary/aromatic N) is 3. The first-order chi connectivity index (χ1) is 16.9. The summed E-state index contributed by atoms with van der Waals surface area (Å²) in [5.74, 6) is -2.18. The summed E-state index contributed by atoms with van der Waals surface area (Å²) in [7, 11) is 0. The van der Waals surface area contributed by atoms with Crippen LogP contribution in [0.15, 0.2) is 35.1 Å². The molecule has 1 aliphatic heterocycles. The third kappa shape index (κ3) is 7.60. The predicted molar refractivity (Wildman–Crippen MR) is 117 cm³/mol. The molecule has 3 N–H and O–H groups in total. The average molecular weight is 498 g/mol. The Hall–Kier alpha value is -3.81. The number of alkyl halides is 2. The normalized spacial score (nSPS) is 14.9. The summed E-state index contributed by atoms with van der Waals surface area (Å²) >= 11 is 0. The van der Waals surface area contributed by atoms with Gasteiger partial charge in [-0.15, -0.1) is 0 Å². The molecule has 1 saturated heterocycles. The van der Waals surface area contributed by atoms with Crippen LogP contribution < -0.4 is 21.0 Å². The van der Waals surface area contributed by atoms with E-state index in [0.29, 0.717) is 43.2 Å². The zero-order valence-electron chi connectivity index (χ0n) is 18.6. The Labute approximate surface area is 198 Å². The van der Waals surface area contributed by atoms with E-state index < -0.39 is 24.3 Å². The van der Waals surface area contributed by atoms with Gasteiger partial charge in [0.05, 0.1) is 37.4 Å². The lowest BCUT2D eigenvalue weighted by molar-refractivity contribution is -0.136. The van der Waals surface area contributed by atoms with Gasteiger partial charge in [0.25, 0.3) is 12.4 Å². The molecule has 190 valence electrons. The molecule has 2 amide bonds. The van der Waals surface area contributed by atoms with Gasteiger partial charge in [-0.2, -0.15) is 8.78 Å². The number of carbonyl (C=O) groups is 3. The highest BCUT2D eigenvalue weighted by molar-refractivity contribution is 5.79. The lowest BCUT2D eigenvalue weighted by Gasteiger charge is -2.24. The minimum absolute atomic E-state index is 0.0444. The first kappa shape index (κ1) is 25.8. The van der Waals surface area contributed by atoms with Crippen molar-refractivity contribution in [3.05, 3.63) is 42.0 Å². The number of amides is 2. The standard InChI is InChI=1S/C21H25F3N6O5/c22-17-9-14(25-11-16(34-13-31)12-26-21(33)20(23)24)1-2-18(17)29-5-4-27-30(7-6-29)19(32)10-15-3-8-35-28-15/h1-3,8-9,13,16,20,25,27H,4-7,10-12H2,(H,26,33)/t16-/m1/s1. The van der Waals surface area contributed by atoms with Crippen molar-refractivity contribution in [1.29, 1.82) is 0 Å². The number of anilines is 2. The van der Waals surface area contributed by atoms with E-state index in [9.17, 15) is 27.6 Å². The number of benzene rings is 1. The number of hydrogen-bond acceptors (Lipinski definition) is 9. The van der Waals surface area contributed by atoms with Crippen LogP contribution in [0.5, 0.6) is 0 Å². The molecule has 2 aromatic rings.